The molecule has 0 radical (unpaired) electrons. The minimum atomic E-state index is -1.87. The van der Waals surface area contributed by atoms with Crippen molar-refractivity contribution in [2.24, 2.45) is 5.92 Å². The van der Waals surface area contributed by atoms with Crippen molar-refractivity contribution >= 4 is 17.4 Å². The van der Waals surface area contributed by atoms with Gasteiger partial charge in [-0.15, -0.1) is 6.58 Å². The van der Waals surface area contributed by atoms with Crippen LogP contribution >= 0.6 is 0 Å². The molecule has 0 aliphatic carbocycles. The Kier molecular flexibility index (Phi) is 4.08. The number of rotatable bonds is 5. The van der Waals surface area contributed by atoms with E-state index in [1.807, 2.05) is 6.07 Å². The van der Waals surface area contributed by atoms with E-state index in [9.17, 15) is 14.7 Å². The van der Waals surface area contributed by atoms with Gasteiger partial charge >= 0.3 is 0 Å². The van der Waals surface area contributed by atoms with E-state index < -0.39 is 17.4 Å². The zero-order valence-corrected chi connectivity index (χ0v) is 13.5. The molecule has 2 aromatic carbocycles. The second-order valence-electron chi connectivity index (χ2n) is 5.94. The van der Waals surface area contributed by atoms with E-state index in [0.29, 0.717) is 16.8 Å². The maximum Gasteiger partial charge on any atom is 0.264 e. The van der Waals surface area contributed by atoms with Gasteiger partial charge in [-0.2, -0.15) is 0 Å². The van der Waals surface area contributed by atoms with Gasteiger partial charge in [0.05, 0.1) is 11.6 Å². The Morgan fingerprint density at radius 3 is 2.50 bits per heavy atom. The molecule has 1 N–H and O–H groups in total. The number of ketones is 1. The molecule has 4 heteroatoms. The van der Waals surface area contributed by atoms with Crippen molar-refractivity contribution in [2.45, 2.75) is 12.5 Å². The Hall–Kier alpha value is -2.72. The van der Waals surface area contributed by atoms with Crippen molar-refractivity contribution in [3.05, 3.63) is 78.4 Å². The number of fused-ring (bicyclic) bond motifs is 1. The average molecular weight is 321 g/mol. The van der Waals surface area contributed by atoms with Crippen molar-refractivity contribution in [3.63, 3.8) is 0 Å². The summed E-state index contributed by atoms with van der Waals surface area (Å²) in [4.78, 5) is 27.2. The summed E-state index contributed by atoms with van der Waals surface area (Å²) in [6, 6.07) is 15.8. The molecule has 4 nitrogen and oxygen atoms in total. The van der Waals surface area contributed by atoms with Crippen molar-refractivity contribution in [3.8, 4) is 0 Å². The summed E-state index contributed by atoms with van der Waals surface area (Å²) >= 11 is 0. The molecule has 3 rings (SSSR count). The molecule has 0 saturated carbocycles. The maximum atomic E-state index is 12.9. The first-order chi connectivity index (χ1) is 11.5. The molecule has 0 fully saturated rings. The number of hydrogen-bond donors (Lipinski definition) is 1. The molecule has 0 bridgehead atoms. The largest absolute Gasteiger partial charge is 0.375 e. The van der Waals surface area contributed by atoms with Crippen molar-refractivity contribution in [1.82, 2.24) is 0 Å². The molecule has 1 heterocycles. The lowest BCUT2D eigenvalue weighted by atomic mass is 9.79. The van der Waals surface area contributed by atoms with Crippen LogP contribution in [0.4, 0.5) is 5.69 Å². The first-order valence-electron chi connectivity index (χ1n) is 7.85. The summed E-state index contributed by atoms with van der Waals surface area (Å²) in [6.45, 7) is 5.55. The molecule has 0 aromatic heterocycles. The highest BCUT2D eigenvalue weighted by Gasteiger charge is 2.54. The van der Waals surface area contributed by atoms with Crippen LogP contribution in [0.2, 0.25) is 0 Å². The predicted molar refractivity (Wildman–Crippen MR) is 92.8 cm³/mol. The lowest BCUT2D eigenvalue weighted by molar-refractivity contribution is -0.139. The normalized spacial score (nSPS) is 20.6. The number of carbonyl (C=O) groups is 2. The van der Waals surface area contributed by atoms with E-state index in [2.05, 4.69) is 6.58 Å². The third-order valence-corrected chi connectivity index (χ3v) is 4.57. The number of nitrogens with zero attached hydrogens (tertiary/aromatic N) is 1. The van der Waals surface area contributed by atoms with Gasteiger partial charge in [-0.05, 0) is 6.07 Å². The maximum absolute atomic E-state index is 12.9. The van der Waals surface area contributed by atoms with Crippen molar-refractivity contribution < 1.29 is 14.7 Å². The molecule has 1 aliphatic heterocycles. The summed E-state index contributed by atoms with van der Waals surface area (Å²) in [5.74, 6) is -1.65. The number of aliphatic hydroxyl groups is 1. The first-order valence-corrected chi connectivity index (χ1v) is 7.85. The summed E-state index contributed by atoms with van der Waals surface area (Å²) < 4.78 is 0. The number of para-hydroxylation sites is 1. The number of benzene rings is 2. The highest BCUT2D eigenvalue weighted by atomic mass is 16.3. The molecule has 2 atom stereocenters. The van der Waals surface area contributed by atoms with Gasteiger partial charge in [0.1, 0.15) is 0 Å². The number of hydrogen-bond acceptors (Lipinski definition) is 3. The van der Waals surface area contributed by atoms with Gasteiger partial charge in [0.15, 0.2) is 11.4 Å². The van der Waals surface area contributed by atoms with Crippen LogP contribution < -0.4 is 4.90 Å². The third kappa shape index (κ3) is 2.27. The molecule has 24 heavy (non-hydrogen) atoms. The monoisotopic (exact) mass is 321 g/mol. The standard InChI is InChI=1S/C20H19NO3/c1-3-13-21-17-12-8-7-11-16(17)20(24,19(21)23)14(2)18(22)15-9-5-4-6-10-15/h3-12,14,24H,1,13H2,2H3. The van der Waals surface area contributed by atoms with Crippen molar-refractivity contribution in [2.75, 3.05) is 11.4 Å². The topological polar surface area (TPSA) is 57.6 Å². The van der Waals surface area contributed by atoms with Gasteiger partial charge in [-0.3, -0.25) is 9.59 Å². The van der Waals surface area contributed by atoms with Crippen LogP contribution in [0.25, 0.3) is 0 Å². The van der Waals surface area contributed by atoms with Crippen LogP contribution in [0.3, 0.4) is 0 Å². The first kappa shape index (κ1) is 16.1. The molecule has 122 valence electrons. The summed E-state index contributed by atoms with van der Waals surface area (Å²) in [5, 5.41) is 11.3. The minimum absolute atomic E-state index is 0.262. The summed E-state index contributed by atoms with van der Waals surface area (Å²) in [7, 11) is 0. The second-order valence-corrected chi connectivity index (χ2v) is 5.94. The van der Waals surface area contributed by atoms with Gasteiger partial charge in [0.25, 0.3) is 5.91 Å². The average Bonchev–Trinajstić information content (AvgIpc) is 2.85. The number of amides is 1. The van der Waals surface area contributed by atoms with Crippen LogP contribution in [0.15, 0.2) is 67.3 Å². The zero-order valence-electron chi connectivity index (χ0n) is 13.5. The minimum Gasteiger partial charge on any atom is -0.375 e. The van der Waals surface area contributed by atoms with Crippen LogP contribution in [0, 0.1) is 5.92 Å². The summed E-state index contributed by atoms with van der Waals surface area (Å²) in [5.41, 5.74) is -0.302. The third-order valence-electron chi connectivity index (χ3n) is 4.57. The van der Waals surface area contributed by atoms with Gasteiger partial charge in [-0.1, -0.05) is 61.5 Å². The van der Waals surface area contributed by atoms with Gasteiger partial charge in [0, 0.05) is 17.7 Å². The molecular weight excluding hydrogens is 302 g/mol. The zero-order chi connectivity index (χ0) is 17.3. The van der Waals surface area contributed by atoms with Gasteiger partial charge in [-0.25, -0.2) is 0 Å². The fraction of sp³-hybridized carbons (Fsp3) is 0.200. The quantitative estimate of drug-likeness (QED) is 0.680. The van der Waals surface area contributed by atoms with Crippen LogP contribution in [0.5, 0.6) is 0 Å². The Labute approximate surface area is 141 Å². The Morgan fingerprint density at radius 1 is 1.21 bits per heavy atom. The van der Waals surface area contributed by atoms with E-state index in [4.69, 9.17) is 0 Å². The smallest absolute Gasteiger partial charge is 0.264 e. The fourth-order valence-corrected chi connectivity index (χ4v) is 3.23. The fourth-order valence-electron chi connectivity index (χ4n) is 3.23. The van der Waals surface area contributed by atoms with E-state index in [1.165, 1.54) is 4.90 Å². The molecule has 2 unspecified atom stereocenters. The lowest BCUT2D eigenvalue weighted by Crippen LogP contribution is -2.47. The Bertz CT molecular complexity index is 800. The molecular formula is C20H19NO3. The van der Waals surface area contributed by atoms with Crippen LogP contribution in [-0.2, 0) is 10.4 Å². The van der Waals surface area contributed by atoms with E-state index in [-0.39, 0.29) is 12.3 Å². The molecule has 1 aliphatic rings. The number of carbonyl (C=O) groups excluding carboxylic acids is 2. The predicted octanol–water partition coefficient (Wildman–Crippen LogP) is 2.93. The van der Waals surface area contributed by atoms with Crippen molar-refractivity contribution in [1.29, 1.82) is 0 Å². The molecule has 0 spiro atoms. The van der Waals surface area contributed by atoms with E-state index >= 15 is 0 Å². The number of anilines is 1. The number of Topliss-reactive ketones (excluding diaryl/α,β-unsaturated/α-hetero) is 1. The summed E-state index contributed by atoms with van der Waals surface area (Å²) in [6.07, 6.45) is 1.60. The molecule has 0 saturated heterocycles. The van der Waals surface area contributed by atoms with Gasteiger partial charge in [0.2, 0.25) is 0 Å². The van der Waals surface area contributed by atoms with Crippen LogP contribution in [0.1, 0.15) is 22.8 Å². The van der Waals surface area contributed by atoms with E-state index in [1.54, 1.807) is 61.5 Å². The van der Waals surface area contributed by atoms with Gasteiger partial charge < -0.3 is 10.0 Å². The van der Waals surface area contributed by atoms with Crippen LogP contribution in [-0.4, -0.2) is 23.3 Å². The molecule has 2 aromatic rings. The Balaban J connectivity index is 2.07. The molecule has 1 amide bonds. The SMILES string of the molecule is C=CCN1C(=O)C(O)(C(C)C(=O)c2ccccc2)c2ccccc21. The Morgan fingerprint density at radius 2 is 1.83 bits per heavy atom. The highest BCUT2D eigenvalue weighted by molar-refractivity contribution is 6.11. The second kappa shape index (κ2) is 6.06. The lowest BCUT2D eigenvalue weighted by Gasteiger charge is -2.28. The van der Waals surface area contributed by atoms with E-state index in [0.717, 1.165) is 0 Å². The highest BCUT2D eigenvalue weighted by Crippen LogP contribution is 2.45.